The number of benzene rings is 1. The largest absolute Gasteiger partial charge is 0.494 e. The molecule has 0 radical (unpaired) electrons. The molecule has 30 heavy (non-hydrogen) atoms. The molecule has 3 N–H and O–H groups in total. The zero-order valence-electron chi connectivity index (χ0n) is 18.0. The topological polar surface area (TPSA) is 63.4 Å². The summed E-state index contributed by atoms with van der Waals surface area (Å²) < 4.78 is 18.8. The Balaban J connectivity index is 1.33. The molecule has 6 heteroatoms. The molecule has 1 saturated heterocycles. The van der Waals surface area contributed by atoms with E-state index in [1.54, 1.807) is 6.07 Å². The van der Waals surface area contributed by atoms with Gasteiger partial charge in [0, 0.05) is 37.4 Å². The van der Waals surface area contributed by atoms with Crippen molar-refractivity contribution in [2.45, 2.75) is 63.1 Å². The average Bonchev–Trinajstić information content (AvgIpc) is 3.23. The Labute approximate surface area is 178 Å². The number of hydrogen-bond donors (Lipinski definition) is 2. The summed E-state index contributed by atoms with van der Waals surface area (Å²) in [4.78, 5) is 7.09. The van der Waals surface area contributed by atoms with Gasteiger partial charge in [0.25, 0.3) is 0 Å². The molecule has 1 saturated carbocycles. The third-order valence-corrected chi connectivity index (χ3v) is 6.70. The second-order valence-corrected chi connectivity index (χ2v) is 8.76. The molecular formula is C24H33FN4O. The van der Waals surface area contributed by atoms with Crippen LogP contribution < -0.4 is 20.7 Å². The van der Waals surface area contributed by atoms with Crippen LogP contribution in [0.25, 0.3) is 0 Å². The first-order chi connectivity index (χ1) is 14.5. The van der Waals surface area contributed by atoms with Crippen LogP contribution in [0.3, 0.4) is 0 Å². The van der Waals surface area contributed by atoms with Crippen molar-refractivity contribution in [1.29, 1.82) is 0 Å². The fourth-order valence-corrected chi connectivity index (χ4v) is 4.79. The lowest BCUT2D eigenvalue weighted by Gasteiger charge is -2.31. The third-order valence-electron chi connectivity index (χ3n) is 6.70. The number of nitrogens with one attached hydrogen (secondary N) is 1. The van der Waals surface area contributed by atoms with Gasteiger partial charge in [-0.25, -0.2) is 9.37 Å². The van der Waals surface area contributed by atoms with E-state index >= 15 is 0 Å². The molecule has 4 rings (SSSR count). The summed E-state index contributed by atoms with van der Waals surface area (Å²) >= 11 is 0. The van der Waals surface area contributed by atoms with Crippen molar-refractivity contribution in [3.05, 3.63) is 53.5 Å². The Morgan fingerprint density at radius 1 is 1.17 bits per heavy atom. The van der Waals surface area contributed by atoms with Gasteiger partial charge in [-0.15, -0.1) is 0 Å². The Bertz CT molecular complexity index is 836. The Kier molecular flexibility index (Phi) is 6.54. The SMILES string of the molecule is COc1cc([C@@H](C)N[C@H]2CC[C@@H](c3ccc(N4CCC(N)CC4)nc3)C2)ccc1F. The maximum absolute atomic E-state index is 13.7. The summed E-state index contributed by atoms with van der Waals surface area (Å²) in [6.45, 7) is 4.12. The first-order valence-electron chi connectivity index (χ1n) is 11.1. The van der Waals surface area contributed by atoms with Crippen LogP contribution in [0.1, 0.15) is 62.1 Å². The van der Waals surface area contributed by atoms with E-state index in [1.165, 1.54) is 18.7 Å². The molecule has 2 aromatic rings. The van der Waals surface area contributed by atoms with Gasteiger partial charge >= 0.3 is 0 Å². The predicted octanol–water partition coefficient (Wildman–Crippen LogP) is 4.14. The van der Waals surface area contributed by atoms with Crippen molar-refractivity contribution in [3.63, 3.8) is 0 Å². The van der Waals surface area contributed by atoms with Crippen LogP contribution in [-0.2, 0) is 0 Å². The van der Waals surface area contributed by atoms with E-state index in [4.69, 9.17) is 15.5 Å². The van der Waals surface area contributed by atoms with Crippen molar-refractivity contribution < 1.29 is 9.13 Å². The number of methoxy groups -OCH3 is 1. The van der Waals surface area contributed by atoms with Crippen LogP contribution in [0.15, 0.2) is 36.5 Å². The summed E-state index contributed by atoms with van der Waals surface area (Å²) in [7, 11) is 1.50. The number of ether oxygens (including phenoxy) is 1. The van der Waals surface area contributed by atoms with Crippen LogP contribution in [-0.4, -0.2) is 37.3 Å². The van der Waals surface area contributed by atoms with Gasteiger partial charge < -0.3 is 20.7 Å². The average molecular weight is 413 g/mol. The van der Waals surface area contributed by atoms with Crippen LogP contribution in [0, 0.1) is 5.82 Å². The number of rotatable bonds is 6. The highest BCUT2D eigenvalue weighted by Gasteiger charge is 2.27. The van der Waals surface area contributed by atoms with E-state index < -0.39 is 0 Å². The standard InChI is InChI=1S/C24H33FN4O/c1-16(17-4-7-22(25)23(14-17)30-2)28-21-6-3-18(13-21)19-5-8-24(27-15-19)29-11-9-20(26)10-12-29/h4-5,7-8,14-16,18,20-21,28H,3,6,9-13,26H2,1-2H3/t16-,18-,21+/m1/s1. The molecule has 1 aromatic carbocycles. The van der Waals surface area contributed by atoms with Gasteiger partial charge in [0.05, 0.1) is 7.11 Å². The van der Waals surface area contributed by atoms with Gasteiger partial charge in [0.2, 0.25) is 0 Å². The van der Waals surface area contributed by atoms with Gasteiger partial charge in [0.15, 0.2) is 11.6 Å². The van der Waals surface area contributed by atoms with Gasteiger partial charge in [-0.3, -0.25) is 0 Å². The van der Waals surface area contributed by atoms with Crippen molar-refractivity contribution in [3.8, 4) is 5.75 Å². The number of nitrogens with zero attached hydrogens (tertiary/aromatic N) is 2. The van der Waals surface area contributed by atoms with E-state index in [1.807, 2.05) is 6.07 Å². The molecule has 2 heterocycles. The maximum atomic E-state index is 13.7. The van der Waals surface area contributed by atoms with Crippen molar-refractivity contribution in [1.82, 2.24) is 10.3 Å². The van der Waals surface area contributed by atoms with E-state index in [0.717, 1.165) is 56.6 Å². The van der Waals surface area contributed by atoms with Gasteiger partial charge in [-0.1, -0.05) is 12.1 Å². The van der Waals surface area contributed by atoms with E-state index in [2.05, 4.69) is 35.5 Å². The molecule has 0 amide bonds. The second kappa shape index (κ2) is 9.31. The summed E-state index contributed by atoms with van der Waals surface area (Å²) in [5.41, 5.74) is 8.38. The number of anilines is 1. The lowest BCUT2D eigenvalue weighted by molar-refractivity contribution is 0.384. The summed E-state index contributed by atoms with van der Waals surface area (Å²) in [5.74, 6) is 1.58. The Hall–Kier alpha value is -2.18. The van der Waals surface area contributed by atoms with E-state index in [-0.39, 0.29) is 11.9 Å². The molecule has 0 unspecified atom stereocenters. The van der Waals surface area contributed by atoms with Crippen molar-refractivity contribution in [2.75, 3.05) is 25.1 Å². The number of nitrogens with two attached hydrogens (primary N) is 1. The van der Waals surface area contributed by atoms with Gasteiger partial charge in [-0.2, -0.15) is 0 Å². The number of pyridine rings is 1. The number of aromatic nitrogens is 1. The van der Waals surface area contributed by atoms with Crippen LogP contribution in [0.4, 0.5) is 10.2 Å². The Morgan fingerprint density at radius 3 is 2.67 bits per heavy atom. The highest BCUT2D eigenvalue weighted by molar-refractivity contribution is 5.40. The fraction of sp³-hybridized carbons (Fsp3) is 0.542. The molecular weight excluding hydrogens is 379 g/mol. The lowest BCUT2D eigenvalue weighted by Crippen LogP contribution is -2.40. The van der Waals surface area contributed by atoms with Crippen LogP contribution in [0.5, 0.6) is 5.75 Å². The quantitative estimate of drug-likeness (QED) is 0.747. The summed E-state index contributed by atoms with van der Waals surface area (Å²) in [6.07, 6.45) is 7.54. The molecule has 2 aliphatic rings. The lowest BCUT2D eigenvalue weighted by atomic mass is 9.98. The molecule has 0 bridgehead atoms. The molecule has 5 nitrogen and oxygen atoms in total. The molecule has 3 atom stereocenters. The minimum Gasteiger partial charge on any atom is -0.494 e. The fourth-order valence-electron chi connectivity index (χ4n) is 4.79. The minimum atomic E-state index is -0.322. The number of halogens is 1. The molecule has 162 valence electrons. The van der Waals surface area contributed by atoms with E-state index in [0.29, 0.717) is 23.8 Å². The smallest absolute Gasteiger partial charge is 0.165 e. The molecule has 1 aliphatic heterocycles. The number of piperidine rings is 1. The normalized spacial score (nSPS) is 23.5. The first kappa shape index (κ1) is 21.1. The van der Waals surface area contributed by atoms with E-state index in [9.17, 15) is 4.39 Å². The Morgan fingerprint density at radius 2 is 1.97 bits per heavy atom. The molecule has 2 fully saturated rings. The van der Waals surface area contributed by atoms with Crippen molar-refractivity contribution in [2.24, 2.45) is 5.73 Å². The minimum absolute atomic E-state index is 0.147. The molecule has 1 aliphatic carbocycles. The molecule has 1 aromatic heterocycles. The summed E-state index contributed by atoms with van der Waals surface area (Å²) in [5, 5.41) is 3.71. The third kappa shape index (κ3) is 4.76. The maximum Gasteiger partial charge on any atom is 0.165 e. The van der Waals surface area contributed by atoms with Gasteiger partial charge in [0.1, 0.15) is 5.82 Å². The number of hydrogen-bond acceptors (Lipinski definition) is 5. The zero-order chi connectivity index (χ0) is 21.1. The zero-order valence-corrected chi connectivity index (χ0v) is 18.0. The van der Waals surface area contributed by atoms with Crippen molar-refractivity contribution >= 4 is 5.82 Å². The van der Waals surface area contributed by atoms with Gasteiger partial charge in [-0.05, 0) is 74.3 Å². The second-order valence-electron chi connectivity index (χ2n) is 8.76. The van der Waals surface area contributed by atoms with Crippen LogP contribution >= 0.6 is 0 Å². The highest BCUT2D eigenvalue weighted by Crippen LogP contribution is 2.36. The summed E-state index contributed by atoms with van der Waals surface area (Å²) in [6, 6.07) is 10.4. The monoisotopic (exact) mass is 412 g/mol. The first-order valence-corrected chi connectivity index (χ1v) is 11.1. The highest BCUT2D eigenvalue weighted by atomic mass is 19.1. The van der Waals surface area contributed by atoms with Crippen LogP contribution in [0.2, 0.25) is 0 Å². The molecule has 0 spiro atoms. The predicted molar refractivity (Wildman–Crippen MR) is 119 cm³/mol.